The molecule has 1 amide bonds. The fourth-order valence-corrected chi connectivity index (χ4v) is 5.36. The second kappa shape index (κ2) is 5.23. The first kappa shape index (κ1) is 15.5. The van der Waals surface area contributed by atoms with Crippen LogP contribution in [0, 0.1) is 11.8 Å². The molecular formula is C19H23NO4. The van der Waals surface area contributed by atoms with Crippen molar-refractivity contribution in [2.45, 2.75) is 44.2 Å². The number of fused-ring (bicyclic) bond motifs is 1. The van der Waals surface area contributed by atoms with Gasteiger partial charge in [0.1, 0.15) is 11.8 Å². The molecule has 5 nitrogen and oxygen atoms in total. The van der Waals surface area contributed by atoms with Crippen molar-refractivity contribution in [3.63, 3.8) is 0 Å². The lowest BCUT2D eigenvalue weighted by Crippen LogP contribution is -2.57. The van der Waals surface area contributed by atoms with Crippen LogP contribution in [0.4, 0.5) is 0 Å². The molecule has 1 aromatic rings. The third kappa shape index (κ3) is 1.87. The largest absolute Gasteiger partial charge is 0.497 e. The van der Waals surface area contributed by atoms with Gasteiger partial charge in [0.05, 0.1) is 19.8 Å². The quantitative estimate of drug-likeness (QED) is 0.781. The van der Waals surface area contributed by atoms with Crippen LogP contribution in [0.3, 0.4) is 0 Å². The lowest BCUT2D eigenvalue weighted by atomic mass is 9.74. The van der Waals surface area contributed by atoms with Crippen molar-refractivity contribution in [3.05, 3.63) is 29.3 Å². The average molecular weight is 329 g/mol. The van der Waals surface area contributed by atoms with E-state index in [1.54, 1.807) is 7.11 Å². The van der Waals surface area contributed by atoms with Crippen LogP contribution in [0.15, 0.2) is 18.2 Å². The zero-order valence-electron chi connectivity index (χ0n) is 14.4. The summed E-state index contributed by atoms with van der Waals surface area (Å²) in [5.41, 5.74) is 1.95. The minimum absolute atomic E-state index is 0.0868. The van der Waals surface area contributed by atoms with Crippen molar-refractivity contribution < 1.29 is 19.1 Å². The highest BCUT2D eigenvalue weighted by molar-refractivity contribution is 5.89. The summed E-state index contributed by atoms with van der Waals surface area (Å²) in [5.74, 6) is 1.37. The number of carbonyl (C=O) groups is 2. The van der Waals surface area contributed by atoms with Gasteiger partial charge in [-0.15, -0.1) is 0 Å². The molecule has 2 heterocycles. The van der Waals surface area contributed by atoms with E-state index in [1.807, 2.05) is 17.0 Å². The Bertz CT molecular complexity index is 715. The molecule has 1 saturated carbocycles. The van der Waals surface area contributed by atoms with Crippen LogP contribution in [-0.2, 0) is 26.3 Å². The molecule has 24 heavy (non-hydrogen) atoms. The first-order valence-corrected chi connectivity index (χ1v) is 8.58. The summed E-state index contributed by atoms with van der Waals surface area (Å²) in [4.78, 5) is 27.1. The minimum atomic E-state index is -0.530. The standard InChI is InChI=1S/C19H23NO4/c1-11-6-13-9-17(21)20-16(18(22)24-3)8-12-7-14(23-2)4-5-15(12)19(13,20)10-11/h4-5,7,11,13,16H,6,8-10H2,1-3H3. The summed E-state index contributed by atoms with van der Waals surface area (Å²) in [5, 5.41) is 0. The first-order chi connectivity index (χ1) is 11.5. The molecule has 0 aromatic heterocycles. The van der Waals surface area contributed by atoms with E-state index < -0.39 is 6.04 Å². The fraction of sp³-hybridized carbons (Fsp3) is 0.579. The van der Waals surface area contributed by atoms with Crippen molar-refractivity contribution in [1.29, 1.82) is 0 Å². The summed E-state index contributed by atoms with van der Waals surface area (Å²) in [6.07, 6.45) is 2.97. The van der Waals surface area contributed by atoms with E-state index in [0.717, 1.165) is 24.2 Å². The van der Waals surface area contributed by atoms with Crippen LogP contribution in [-0.4, -0.2) is 37.0 Å². The zero-order chi connectivity index (χ0) is 17.1. The lowest BCUT2D eigenvalue weighted by molar-refractivity contribution is -0.156. The predicted octanol–water partition coefficient (Wildman–Crippen LogP) is 2.27. The van der Waals surface area contributed by atoms with Gasteiger partial charge in [0, 0.05) is 12.8 Å². The number of hydrogen-bond acceptors (Lipinski definition) is 4. The first-order valence-electron chi connectivity index (χ1n) is 8.58. The number of ether oxygens (including phenoxy) is 2. The second-order valence-corrected chi connectivity index (χ2v) is 7.40. The number of carbonyl (C=O) groups excluding carboxylic acids is 2. The normalized spacial score (nSPS) is 33.7. The molecule has 2 aliphatic heterocycles. The van der Waals surface area contributed by atoms with E-state index in [2.05, 4.69) is 13.0 Å². The highest BCUT2D eigenvalue weighted by atomic mass is 16.5. The van der Waals surface area contributed by atoms with Crippen molar-refractivity contribution in [2.24, 2.45) is 11.8 Å². The van der Waals surface area contributed by atoms with E-state index in [0.29, 0.717) is 18.8 Å². The lowest BCUT2D eigenvalue weighted by Gasteiger charge is -2.47. The van der Waals surface area contributed by atoms with Crippen LogP contribution < -0.4 is 4.74 Å². The topological polar surface area (TPSA) is 55.8 Å². The monoisotopic (exact) mass is 329 g/mol. The third-order valence-corrected chi connectivity index (χ3v) is 6.12. The Morgan fingerprint density at radius 1 is 1.29 bits per heavy atom. The van der Waals surface area contributed by atoms with Gasteiger partial charge in [0.15, 0.2) is 0 Å². The van der Waals surface area contributed by atoms with Crippen LogP contribution in [0.25, 0.3) is 0 Å². The summed E-state index contributed by atoms with van der Waals surface area (Å²) in [6.45, 7) is 2.24. The van der Waals surface area contributed by atoms with Gasteiger partial charge in [-0.1, -0.05) is 13.0 Å². The molecule has 4 atom stereocenters. The van der Waals surface area contributed by atoms with Gasteiger partial charge < -0.3 is 14.4 Å². The number of esters is 1. The Labute approximate surface area is 141 Å². The van der Waals surface area contributed by atoms with E-state index in [-0.39, 0.29) is 23.3 Å². The number of benzene rings is 1. The maximum Gasteiger partial charge on any atom is 0.328 e. The molecule has 1 aromatic carbocycles. The maximum atomic E-state index is 12.8. The Hall–Kier alpha value is -2.04. The fourth-order valence-electron chi connectivity index (χ4n) is 5.36. The SMILES string of the molecule is COC(=O)C1Cc2cc(OC)ccc2C23CC(C)CC2CC(=O)N13. The molecule has 5 heteroatoms. The number of nitrogens with zero attached hydrogens (tertiary/aromatic N) is 1. The molecule has 3 aliphatic rings. The van der Waals surface area contributed by atoms with Crippen LogP contribution in [0.5, 0.6) is 5.75 Å². The van der Waals surface area contributed by atoms with E-state index in [9.17, 15) is 9.59 Å². The summed E-state index contributed by atoms with van der Waals surface area (Å²) < 4.78 is 10.4. The molecule has 4 unspecified atom stereocenters. The Morgan fingerprint density at radius 3 is 2.79 bits per heavy atom. The smallest absolute Gasteiger partial charge is 0.328 e. The van der Waals surface area contributed by atoms with Crippen molar-refractivity contribution in [3.8, 4) is 5.75 Å². The van der Waals surface area contributed by atoms with Crippen LogP contribution >= 0.6 is 0 Å². The third-order valence-electron chi connectivity index (χ3n) is 6.12. The molecule has 1 aliphatic carbocycles. The Kier molecular flexibility index (Phi) is 3.37. The van der Waals surface area contributed by atoms with Gasteiger partial charge in [-0.05, 0) is 47.9 Å². The minimum Gasteiger partial charge on any atom is -0.497 e. The number of hydrogen-bond donors (Lipinski definition) is 0. The molecule has 0 radical (unpaired) electrons. The van der Waals surface area contributed by atoms with E-state index in [1.165, 1.54) is 12.7 Å². The second-order valence-electron chi connectivity index (χ2n) is 7.40. The summed E-state index contributed by atoms with van der Waals surface area (Å²) in [6, 6.07) is 5.54. The van der Waals surface area contributed by atoms with Crippen LogP contribution in [0.2, 0.25) is 0 Å². The van der Waals surface area contributed by atoms with E-state index >= 15 is 0 Å². The molecule has 4 rings (SSSR count). The predicted molar refractivity (Wildman–Crippen MR) is 87.5 cm³/mol. The van der Waals surface area contributed by atoms with Gasteiger partial charge in [0.2, 0.25) is 5.91 Å². The number of rotatable bonds is 2. The summed E-state index contributed by atoms with van der Waals surface area (Å²) >= 11 is 0. The maximum absolute atomic E-state index is 12.8. The van der Waals surface area contributed by atoms with Crippen molar-refractivity contribution in [1.82, 2.24) is 4.90 Å². The molecule has 1 saturated heterocycles. The summed E-state index contributed by atoms with van der Waals surface area (Å²) in [7, 11) is 3.04. The Morgan fingerprint density at radius 2 is 2.08 bits per heavy atom. The highest BCUT2D eigenvalue weighted by Gasteiger charge is 2.63. The number of amides is 1. The molecule has 0 N–H and O–H groups in total. The average Bonchev–Trinajstić information content (AvgIpc) is 3.02. The van der Waals surface area contributed by atoms with E-state index in [4.69, 9.17) is 9.47 Å². The van der Waals surface area contributed by atoms with Crippen molar-refractivity contribution >= 4 is 11.9 Å². The highest BCUT2D eigenvalue weighted by Crippen LogP contribution is 2.59. The van der Waals surface area contributed by atoms with Gasteiger partial charge in [-0.3, -0.25) is 4.79 Å². The zero-order valence-corrected chi connectivity index (χ0v) is 14.4. The molecular weight excluding hydrogens is 306 g/mol. The van der Waals surface area contributed by atoms with Gasteiger partial charge in [-0.25, -0.2) is 4.79 Å². The van der Waals surface area contributed by atoms with Crippen LogP contribution in [0.1, 0.15) is 37.3 Å². The van der Waals surface area contributed by atoms with Crippen molar-refractivity contribution in [2.75, 3.05) is 14.2 Å². The molecule has 128 valence electrons. The van der Waals surface area contributed by atoms with Gasteiger partial charge >= 0.3 is 5.97 Å². The molecule has 2 fully saturated rings. The molecule has 1 spiro atoms. The van der Waals surface area contributed by atoms with Gasteiger partial charge in [0.25, 0.3) is 0 Å². The number of methoxy groups -OCH3 is 2. The Balaban J connectivity index is 1.92. The molecule has 0 bridgehead atoms. The van der Waals surface area contributed by atoms with Gasteiger partial charge in [-0.2, -0.15) is 0 Å².